The number of sulfonamides is 1. The van der Waals surface area contributed by atoms with Gasteiger partial charge < -0.3 is 10.2 Å². The fourth-order valence-corrected chi connectivity index (χ4v) is 7.67. The molecule has 2 aromatic rings. The number of carbonyl (C=O) groups is 2. The summed E-state index contributed by atoms with van der Waals surface area (Å²) in [7, 11) is -3.65. The Hall–Kier alpha value is -2.75. The van der Waals surface area contributed by atoms with Gasteiger partial charge in [0.1, 0.15) is 0 Å². The molecule has 3 aliphatic rings. The number of nitrogens with zero attached hydrogens (tertiary/aromatic N) is 3. The molecule has 1 atom stereocenters. The Morgan fingerprint density at radius 2 is 1.63 bits per heavy atom. The summed E-state index contributed by atoms with van der Waals surface area (Å²) >= 11 is 0. The van der Waals surface area contributed by atoms with Crippen LogP contribution in [0.4, 0.5) is 5.69 Å². The molecular weight excluding hydrogens is 500 g/mol. The zero-order valence-electron chi connectivity index (χ0n) is 22.3. The molecule has 2 aromatic carbocycles. The summed E-state index contributed by atoms with van der Waals surface area (Å²) in [5.41, 5.74) is 2.99. The van der Waals surface area contributed by atoms with Gasteiger partial charge in [-0.15, -0.1) is 0 Å². The topological polar surface area (TPSA) is 90.0 Å². The van der Waals surface area contributed by atoms with Crippen molar-refractivity contribution < 1.29 is 18.0 Å². The minimum Gasteiger partial charge on any atom is -0.353 e. The maximum atomic E-state index is 13.4. The third-order valence-corrected chi connectivity index (χ3v) is 10.1. The number of likely N-dealkylation sites (tertiary alicyclic amines) is 1. The summed E-state index contributed by atoms with van der Waals surface area (Å²) < 4.78 is 28.3. The van der Waals surface area contributed by atoms with E-state index in [-0.39, 0.29) is 34.7 Å². The number of hydrogen-bond donors (Lipinski definition) is 1. The Morgan fingerprint density at radius 3 is 2.29 bits per heavy atom. The minimum atomic E-state index is -3.65. The van der Waals surface area contributed by atoms with Gasteiger partial charge in [-0.05, 0) is 68.4 Å². The van der Waals surface area contributed by atoms with Crippen LogP contribution < -0.4 is 10.2 Å². The van der Waals surface area contributed by atoms with Crippen molar-refractivity contribution in [2.75, 3.05) is 31.1 Å². The molecule has 0 spiro atoms. The first-order valence-electron chi connectivity index (χ1n) is 13.7. The Bertz CT molecular complexity index is 1270. The van der Waals surface area contributed by atoms with Crippen LogP contribution in [0.1, 0.15) is 50.7 Å². The first-order valence-corrected chi connectivity index (χ1v) is 15.2. The highest BCUT2D eigenvalue weighted by molar-refractivity contribution is 7.89. The first-order chi connectivity index (χ1) is 18.2. The SMILES string of the molecule is CC(=O)N1c2ccc(S(=O)(=O)N3CCC(C(=O)NC4CCN(Cc5ccccc5)CC4)CC3)cc2CC1C. The van der Waals surface area contributed by atoms with E-state index >= 15 is 0 Å². The molecule has 0 radical (unpaired) electrons. The van der Waals surface area contributed by atoms with Crippen molar-refractivity contribution >= 4 is 27.5 Å². The molecule has 9 heteroatoms. The van der Waals surface area contributed by atoms with Gasteiger partial charge in [-0.3, -0.25) is 14.5 Å². The highest BCUT2D eigenvalue weighted by Gasteiger charge is 2.35. The van der Waals surface area contributed by atoms with Gasteiger partial charge in [-0.2, -0.15) is 4.31 Å². The van der Waals surface area contributed by atoms with Gasteiger partial charge in [0.15, 0.2) is 0 Å². The number of hydrogen-bond acceptors (Lipinski definition) is 5. The van der Waals surface area contributed by atoms with Gasteiger partial charge in [0.25, 0.3) is 0 Å². The van der Waals surface area contributed by atoms with Crippen LogP contribution in [0.5, 0.6) is 0 Å². The summed E-state index contributed by atoms with van der Waals surface area (Å²) in [4.78, 5) is 29.4. The van der Waals surface area contributed by atoms with E-state index in [1.165, 1.54) is 16.8 Å². The zero-order chi connectivity index (χ0) is 26.9. The van der Waals surface area contributed by atoms with Crippen LogP contribution in [0.15, 0.2) is 53.4 Å². The lowest BCUT2D eigenvalue weighted by Gasteiger charge is -2.34. The number of anilines is 1. The molecular formula is C29H38N4O4S. The van der Waals surface area contributed by atoms with E-state index in [0.717, 1.165) is 43.7 Å². The monoisotopic (exact) mass is 538 g/mol. The molecule has 204 valence electrons. The average Bonchev–Trinajstić information content (AvgIpc) is 3.25. The van der Waals surface area contributed by atoms with Gasteiger partial charge in [0.2, 0.25) is 21.8 Å². The number of benzene rings is 2. The summed E-state index contributed by atoms with van der Waals surface area (Å²) in [6.07, 6.45) is 3.56. The molecule has 0 bridgehead atoms. The van der Waals surface area contributed by atoms with E-state index in [2.05, 4.69) is 34.5 Å². The first kappa shape index (κ1) is 26.8. The quantitative estimate of drug-likeness (QED) is 0.610. The largest absolute Gasteiger partial charge is 0.353 e. The molecule has 0 saturated carbocycles. The fourth-order valence-electron chi connectivity index (χ4n) is 6.15. The van der Waals surface area contributed by atoms with Crippen LogP contribution in [0.25, 0.3) is 0 Å². The lowest BCUT2D eigenvalue weighted by Crippen LogP contribution is -2.48. The number of nitrogens with one attached hydrogen (secondary N) is 1. The molecule has 0 aromatic heterocycles. The van der Waals surface area contributed by atoms with Crippen molar-refractivity contribution in [3.63, 3.8) is 0 Å². The summed E-state index contributed by atoms with van der Waals surface area (Å²) in [6, 6.07) is 15.7. The predicted octanol–water partition coefficient (Wildman–Crippen LogP) is 3.17. The zero-order valence-corrected chi connectivity index (χ0v) is 23.1. The van der Waals surface area contributed by atoms with E-state index < -0.39 is 10.0 Å². The number of rotatable bonds is 6. The Morgan fingerprint density at radius 1 is 0.947 bits per heavy atom. The van der Waals surface area contributed by atoms with E-state index in [1.54, 1.807) is 23.1 Å². The van der Waals surface area contributed by atoms with Gasteiger partial charge in [0, 0.05) is 63.3 Å². The Labute approximate surface area is 226 Å². The van der Waals surface area contributed by atoms with Crippen LogP contribution >= 0.6 is 0 Å². The molecule has 3 heterocycles. The van der Waals surface area contributed by atoms with Gasteiger partial charge in [-0.25, -0.2) is 8.42 Å². The normalized spacial score (nSPS) is 21.8. The lowest BCUT2D eigenvalue weighted by molar-refractivity contribution is -0.127. The maximum absolute atomic E-state index is 13.4. The van der Waals surface area contributed by atoms with E-state index in [0.29, 0.717) is 32.4 Å². The van der Waals surface area contributed by atoms with Crippen molar-refractivity contribution in [2.45, 2.75) is 69.5 Å². The maximum Gasteiger partial charge on any atom is 0.243 e. The van der Waals surface area contributed by atoms with Crippen molar-refractivity contribution in [1.29, 1.82) is 0 Å². The summed E-state index contributed by atoms with van der Waals surface area (Å²) in [5, 5.41) is 3.24. The van der Waals surface area contributed by atoms with Crippen LogP contribution in [-0.2, 0) is 32.6 Å². The van der Waals surface area contributed by atoms with Crippen molar-refractivity contribution in [3.05, 3.63) is 59.7 Å². The third kappa shape index (κ3) is 5.65. The molecule has 38 heavy (non-hydrogen) atoms. The van der Waals surface area contributed by atoms with Crippen LogP contribution in [-0.4, -0.2) is 67.7 Å². The highest BCUT2D eigenvalue weighted by atomic mass is 32.2. The number of carbonyl (C=O) groups excluding carboxylic acids is 2. The van der Waals surface area contributed by atoms with E-state index in [1.807, 2.05) is 13.0 Å². The van der Waals surface area contributed by atoms with Crippen LogP contribution in [0.3, 0.4) is 0 Å². The van der Waals surface area contributed by atoms with E-state index in [4.69, 9.17) is 0 Å². The number of amides is 2. The van der Waals surface area contributed by atoms with Crippen LogP contribution in [0, 0.1) is 5.92 Å². The molecule has 5 rings (SSSR count). The molecule has 8 nitrogen and oxygen atoms in total. The van der Waals surface area contributed by atoms with Crippen molar-refractivity contribution in [3.8, 4) is 0 Å². The minimum absolute atomic E-state index is 0.0193. The second-order valence-electron chi connectivity index (χ2n) is 11.0. The van der Waals surface area contributed by atoms with Crippen LogP contribution in [0.2, 0.25) is 0 Å². The van der Waals surface area contributed by atoms with Crippen molar-refractivity contribution in [2.24, 2.45) is 5.92 Å². The lowest BCUT2D eigenvalue weighted by atomic mass is 9.95. The molecule has 2 fully saturated rings. The van der Waals surface area contributed by atoms with Gasteiger partial charge in [0.05, 0.1) is 4.90 Å². The third-order valence-electron chi connectivity index (χ3n) is 8.25. The van der Waals surface area contributed by atoms with E-state index in [9.17, 15) is 18.0 Å². The number of fused-ring (bicyclic) bond motifs is 1. The molecule has 0 aliphatic carbocycles. The fraction of sp³-hybridized carbons (Fsp3) is 0.517. The van der Waals surface area contributed by atoms with Gasteiger partial charge >= 0.3 is 0 Å². The standard InChI is InChI=1S/C29H38N4O4S/c1-21-18-25-19-27(8-9-28(25)33(21)22(2)34)38(36,37)32-16-10-24(11-17-32)29(35)30-26-12-14-31(15-13-26)20-23-6-4-3-5-7-23/h3-9,19,21,24,26H,10-18,20H2,1-2H3,(H,30,35). The summed E-state index contributed by atoms with van der Waals surface area (Å²) in [6.45, 7) is 7.03. The second-order valence-corrected chi connectivity index (χ2v) is 12.9. The predicted molar refractivity (Wildman–Crippen MR) is 147 cm³/mol. The molecule has 1 unspecified atom stereocenters. The molecule has 1 N–H and O–H groups in total. The average molecular weight is 539 g/mol. The molecule has 2 amide bonds. The molecule has 3 aliphatic heterocycles. The second kappa shape index (κ2) is 11.2. The van der Waals surface area contributed by atoms with Gasteiger partial charge in [-0.1, -0.05) is 30.3 Å². The summed E-state index contributed by atoms with van der Waals surface area (Å²) in [5.74, 6) is -0.141. The molecule has 2 saturated heterocycles. The Balaban J connectivity index is 1.11. The Kier molecular flexibility index (Phi) is 7.88. The van der Waals surface area contributed by atoms with Crippen molar-refractivity contribution in [1.82, 2.24) is 14.5 Å². The smallest absolute Gasteiger partial charge is 0.243 e. The highest BCUT2D eigenvalue weighted by Crippen LogP contribution is 2.35. The number of piperidine rings is 2.